The van der Waals surface area contributed by atoms with Crippen molar-refractivity contribution in [2.75, 3.05) is 19.8 Å². The van der Waals surface area contributed by atoms with Crippen LogP contribution in [0.2, 0.25) is 5.02 Å². The first-order valence-corrected chi connectivity index (χ1v) is 11.8. The van der Waals surface area contributed by atoms with E-state index in [1.54, 1.807) is 0 Å². The Kier molecular flexibility index (Phi) is 6.06. The van der Waals surface area contributed by atoms with E-state index in [0.717, 1.165) is 58.7 Å². The molecule has 0 bridgehead atoms. The van der Waals surface area contributed by atoms with Crippen molar-refractivity contribution in [3.8, 4) is 0 Å². The molecule has 5 nitrogen and oxygen atoms in total. The number of nitrogens with zero attached hydrogens (tertiary/aromatic N) is 1. The van der Waals surface area contributed by atoms with E-state index in [9.17, 15) is 4.79 Å². The van der Waals surface area contributed by atoms with Gasteiger partial charge in [-0.1, -0.05) is 11.6 Å². The third-order valence-corrected chi connectivity index (χ3v) is 6.79. The Balaban J connectivity index is 1.73. The van der Waals surface area contributed by atoms with Crippen LogP contribution in [0.3, 0.4) is 0 Å². The molecule has 1 fully saturated rings. The second-order valence-electron chi connectivity index (χ2n) is 9.09. The van der Waals surface area contributed by atoms with E-state index in [4.69, 9.17) is 21.1 Å². The molecule has 3 heterocycles. The monoisotopic (exact) mass is 530 g/mol. The smallest absolute Gasteiger partial charge is 0.410 e. The summed E-state index contributed by atoms with van der Waals surface area (Å²) in [4.78, 5) is 18.6. The van der Waals surface area contributed by atoms with E-state index in [0.29, 0.717) is 12.5 Å². The van der Waals surface area contributed by atoms with Crippen LogP contribution in [0.5, 0.6) is 0 Å². The van der Waals surface area contributed by atoms with Gasteiger partial charge in [0.2, 0.25) is 0 Å². The molecule has 1 aromatic carbocycles. The van der Waals surface area contributed by atoms with Crippen LogP contribution in [0.1, 0.15) is 57.3 Å². The topological polar surface area (TPSA) is 54.6 Å². The summed E-state index contributed by atoms with van der Waals surface area (Å²) in [5, 5.41) is 1.92. The number of ether oxygens (including phenoxy) is 2. The molecule has 2 aliphatic rings. The Labute approximate surface area is 190 Å². The maximum Gasteiger partial charge on any atom is 0.410 e. The quantitative estimate of drug-likeness (QED) is 0.479. The minimum atomic E-state index is -0.515. The van der Waals surface area contributed by atoms with E-state index in [2.05, 4.69) is 27.6 Å². The number of carbonyl (C=O) groups is 1. The molecule has 0 saturated carbocycles. The molecule has 2 aromatic rings. The summed E-state index contributed by atoms with van der Waals surface area (Å²) in [6.45, 7) is 7.99. The number of aromatic amines is 1. The van der Waals surface area contributed by atoms with Crippen LogP contribution in [0.25, 0.3) is 10.9 Å². The normalized spacial score (nSPS) is 22.6. The summed E-state index contributed by atoms with van der Waals surface area (Å²) < 4.78 is 12.6. The molecule has 7 heteroatoms. The fraction of sp³-hybridized carbons (Fsp3) is 0.591. The van der Waals surface area contributed by atoms with E-state index >= 15 is 0 Å². The average Bonchev–Trinajstić information content (AvgIpc) is 3.01. The van der Waals surface area contributed by atoms with Gasteiger partial charge in [0, 0.05) is 39.4 Å². The highest BCUT2D eigenvalue weighted by Crippen LogP contribution is 2.41. The van der Waals surface area contributed by atoms with Crippen LogP contribution in [0.4, 0.5) is 4.79 Å². The zero-order valence-corrected chi connectivity index (χ0v) is 20.1. The zero-order chi connectivity index (χ0) is 20.8. The van der Waals surface area contributed by atoms with Crippen LogP contribution in [-0.2, 0) is 15.9 Å². The average molecular weight is 531 g/mol. The largest absolute Gasteiger partial charge is 0.444 e. The fourth-order valence-electron chi connectivity index (χ4n) is 4.48. The number of carbonyl (C=O) groups excluding carboxylic acids is 1. The highest BCUT2D eigenvalue weighted by atomic mass is 127. The highest BCUT2D eigenvalue weighted by Gasteiger charge is 2.37. The molecule has 0 aliphatic carbocycles. The van der Waals surface area contributed by atoms with E-state index in [1.165, 1.54) is 10.9 Å². The van der Waals surface area contributed by atoms with Crippen molar-refractivity contribution in [2.45, 2.75) is 58.1 Å². The molecule has 0 radical (unpaired) electrons. The number of rotatable bonds is 2. The number of nitrogens with one attached hydrogen (secondary N) is 1. The van der Waals surface area contributed by atoms with Gasteiger partial charge in [-0.25, -0.2) is 4.79 Å². The third-order valence-electron chi connectivity index (χ3n) is 5.72. The first-order valence-electron chi connectivity index (χ1n) is 10.3. The lowest BCUT2D eigenvalue weighted by Gasteiger charge is -2.39. The number of hydrogen-bond donors (Lipinski definition) is 1. The molecular formula is C22H28ClIN2O3. The molecule has 1 amide bonds. The molecular weight excluding hydrogens is 503 g/mol. The zero-order valence-electron chi connectivity index (χ0n) is 17.2. The van der Waals surface area contributed by atoms with Gasteiger partial charge in [-0.15, -0.1) is 0 Å². The number of benzene rings is 1. The second kappa shape index (κ2) is 8.27. The van der Waals surface area contributed by atoms with Crippen molar-refractivity contribution in [2.24, 2.45) is 5.92 Å². The molecule has 158 valence electrons. The van der Waals surface area contributed by atoms with Crippen molar-refractivity contribution < 1.29 is 14.3 Å². The number of halogens is 2. The van der Waals surface area contributed by atoms with Gasteiger partial charge in [-0.3, -0.25) is 4.90 Å². The Hall–Kier alpha value is -0.990. The Morgan fingerprint density at radius 2 is 2.21 bits per heavy atom. The summed E-state index contributed by atoms with van der Waals surface area (Å²) in [6, 6.07) is 3.97. The third kappa shape index (κ3) is 4.54. The van der Waals surface area contributed by atoms with Gasteiger partial charge < -0.3 is 14.5 Å². The summed E-state index contributed by atoms with van der Waals surface area (Å²) in [6.07, 6.45) is 3.65. The molecule has 4 rings (SSSR count). The molecule has 0 unspecified atom stereocenters. The van der Waals surface area contributed by atoms with Gasteiger partial charge in [-0.2, -0.15) is 0 Å². The highest BCUT2D eigenvalue weighted by molar-refractivity contribution is 14.1. The molecule has 1 saturated heterocycles. The number of H-pyrrole nitrogens is 1. The van der Waals surface area contributed by atoms with Gasteiger partial charge >= 0.3 is 6.09 Å². The Morgan fingerprint density at radius 3 is 2.90 bits per heavy atom. The van der Waals surface area contributed by atoms with Gasteiger partial charge in [0.1, 0.15) is 5.60 Å². The van der Waals surface area contributed by atoms with Crippen molar-refractivity contribution in [1.29, 1.82) is 0 Å². The number of amides is 1. The van der Waals surface area contributed by atoms with Gasteiger partial charge in [0.25, 0.3) is 0 Å². The lowest BCUT2D eigenvalue weighted by Crippen LogP contribution is -2.44. The van der Waals surface area contributed by atoms with Crippen molar-refractivity contribution in [3.63, 3.8) is 0 Å². The van der Waals surface area contributed by atoms with Crippen LogP contribution in [0, 0.1) is 9.49 Å². The van der Waals surface area contributed by atoms with Crippen molar-refractivity contribution in [1.82, 2.24) is 9.88 Å². The van der Waals surface area contributed by atoms with E-state index in [-0.39, 0.29) is 12.1 Å². The van der Waals surface area contributed by atoms with Gasteiger partial charge in [-0.05, 0) is 92.7 Å². The van der Waals surface area contributed by atoms with Crippen LogP contribution >= 0.6 is 34.2 Å². The SMILES string of the molecule is CC(C)(C)OC(=O)N1CCc2c([nH]c3c(I)cc(Cl)cc23)[C@@H]1C[C@@H]1CCCOC1. The molecule has 2 aliphatic heterocycles. The lowest BCUT2D eigenvalue weighted by molar-refractivity contribution is 0.00225. The molecule has 1 aromatic heterocycles. The predicted octanol–water partition coefficient (Wildman–Crippen LogP) is 6.08. The molecule has 1 N–H and O–H groups in total. The predicted molar refractivity (Wildman–Crippen MR) is 124 cm³/mol. The maximum atomic E-state index is 13.0. The van der Waals surface area contributed by atoms with Crippen LogP contribution in [0.15, 0.2) is 12.1 Å². The van der Waals surface area contributed by atoms with E-state index in [1.807, 2.05) is 37.8 Å². The summed E-state index contributed by atoms with van der Waals surface area (Å²) >= 11 is 8.67. The lowest BCUT2D eigenvalue weighted by atomic mass is 9.88. The van der Waals surface area contributed by atoms with Crippen molar-refractivity contribution in [3.05, 3.63) is 32.0 Å². The molecule has 29 heavy (non-hydrogen) atoms. The second-order valence-corrected chi connectivity index (χ2v) is 10.7. The number of hydrogen-bond acceptors (Lipinski definition) is 3. The Morgan fingerprint density at radius 1 is 1.41 bits per heavy atom. The van der Waals surface area contributed by atoms with Crippen LogP contribution < -0.4 is 0 Å². The molecule has 0 spiro atoms. The standard InChI is InChI=1S/C22H28ClIN2O3/c1-22(2,3)29-21(27)26-7-6-15-16-10-14(23)11-17(24)19(16)25-20(15)18(26)9-13-5-4-8-28-12-13/h10-11,13,18,25H,4-9,12H2,1-3H3/t13-,18-/m0/s1. The maximum absolute atomic E-state index is 13.0. The molecule has 2 atom stereocenters. The van der Waals surface area contributed by atoms with Gasteiger partial charge in [0.15, 0.2) is 0 Å². The fourth-order valence-corrected chi connectivity index (χ4v) is 5.65. The van der Waals surface area contributed by atoms with Crippen molar-refractivity contribution >= 4 is 51.2 Å². The first-order chi connectivity index (χ1) is 13.7. The minimum absolute atomic E-state index is 0.0396. The Bertz CT molecular complexity index is 915. The number of aromatic nitrogens is 1. The first kappa shape index (κ1) is 21.2. The summed E-state index contributed by atoms with van der Waals surface area (Å²) in [7, 11) is 0. The van der Waals surface area contributed by atoms with E-state index < -0.39 is 5.60 Å². The van der Waals surface area contributed by atoms with Crippen LogP contribution in [-0.4, -0.2) is 41.3 Å². The number of fused-ring (bicyclic) bond motifs is 3. The summed E-state index contributed by atoms with van der Waals surface area (Å²) in [5.41, 5.74) is 3.00. The van der Waals surface area contributed by atoms with Gasteiger partial charge in [0.05, 0.1) is 11.6 Å². The minimum Gasteiger partial charge on any atom is -0.444 e. The summed E-state index contributed by atoms with van der Waals surface area (Å²) in [5.74, 6) is 0.443.